The SMILES string of the molecule is CC1CCC(O)C(CC=O)O1. The van der Waals surface area contributed by atoms with Crippen molar-refractivity contribution in [2.24, 2.45) is 0 Å². The first-order chi connectivity index (χ1) is 5.24. The van der Waals surface area contributed by atoms with Crippen molar-refractivity contribution in [2.75, 3.05) is 0 Å². The van der Waals surface area contributed by atoms with Crippen molar-refractivity contribution in [3.63, 3.8) is 0 Å². The number of carbonyl (C=O) groups excluding carboxylic acids is 1. The molecule has 1 aliphatic rings. The number of aldehydes is 1. The largest absolute Gasteiger partial charge is 0.390 e. The first-order valence-electron chi connectivity index (χ1n) is 4.01. The fourth-order valence-corrected chi connectivity index (χ4v) is 1.36. The van der Waals surface area contributed by atoms with Gasteiger partial charge in [-0.15, -0.1) is 0 Å². The Bertz CT molecular complexity index is 135. The van der Waals surface area contributed by atoms with E-state index in [9.17, 15) is 9.90 Å². The zero-order valence-corrected chi connectivity index (χ0v) is 6.69. The van der Waals surface area contributed by atoms with Gasteiger partial charge in [0.05, 0.1) is 18.3 Å². The molecule has 64 valence electrons. The lowest BCUT2D eigenvalue weighted by atomic mass is 10.0. The van der Waals surface area contributed by atoms with Gasteiger partial charge in [0.1, 0.15) is 6.29 Å². The average Bonchev–Trinajstić information content (AvgIpc) is 1.98. The molecular weight excluding hydrogens is 144 g/mol. The lowest BCUT2D eigenvalue weighted by Crippen LogP contribution is -2.37. The van der Waals surface area contributed by atoms with Gasteiger partial charge in [0.15, 0.2) is 0 Å². The highest BCUT2D eigenvalue weighted by Gasteiger charge is 2.26. The monoisotopic (exact) mass is 158 g/mol. The maximum atomic E-state index is 10.1. The van der Waals surface area contributed by atoms with E-state index in [0.29, 0.717) is 6.42 Å². The number of aliphatic hydroxyl groups excluding tert-OH is 1. The molecule has 3 heteroatoms. The van der Waals surface area contributed by atoms with E-state index in [4.69, 9.17) is 4.74 Å². The van der Waals surface area contributed by atoms with Crippen molar-refractivity contribution in [1.29, 1.82) is 0 Å². The zero-order chi connectivity index (χ0) is 8.27. The van der Waals surface area contributed by atoms with Crippen LogP contribution in [0.1, 0.15) is 26.2 Å². The third-order valence-corrected chi connectivity index (χ3v) is 2.03. The molecule has 0 bridgehead atoms. The predicted octanol–water partition coefficient (Wildman–Crippen LogP) is 0.504. The zero-order valence-electron chi connectivity index (χ0n) is 6.69. The highest BCUT2D eigenvalue weighted by atomic mass is 16.5. The van der Waals surface area contributed by atoms with E-state index < -0.39 is 6.10 Å². The standard InChI is InChI=1S/C8H14O3/c1-6-2-3-7(10)8(11-6)4-5-9/h5-8,10H,2-4H2,1H3. The molecule has 3 unspecified atom stereocenters. The van der Waals surface area contributed by atoms with Crippen LogP contribution in [0.5, 0.6) is 0 Å². The molecule has 0 saturated carbocycles. The quantitative estimate of drug-likeness (QED) is 0.595. The van der Waals surface area contributed by atoms with Gasteiger partial charge in [-0.2, -0.15) is 0 Å². The lowest BCUT2D eigenvalue weighted by Gasteiger charge is -2.31. The molecule has 1 N–H and O–H groups in total. The summed E-state index contributed by atoms with van der Waals surface area (Å²) in [5.41, 5.74) is 0. The van der Waals surface area contributed by atoms with Gasteiger partial charge >= 0.3 is 0 Å². The summed E-state index contributed by atoms with van der Waals surface area (Å²) in [4.78, 5) is 10.1. The highest BCUT2D eigenvalue weighted by Crippen LogP contribution is 2.20. The number of hydrogen-bond acceptors (Lipinski definition) is 3. The Balaban J connectivity index is 2.40. The van der Waals surface area contributed by atoms with E-state index in [1.807, 2.05) is 6.92 Å². The van der Waals surface area contributed by atoms with Crippen LogP contribution in [0.25, 0.3) is 0 Å². The summed E-state index contributed by atoms with van der Waals surface area (Å²) in [6, 6.07) is 0. The van der Waals surface area contributed by atoms with Crippen molar-refractivity contribution in [3.8, 4) is 0 Å². The fourth-order valence-electron chi connectivity index (χ4n) is 1.36. The molecule has 0 amide bonds. The predicted molar refractivity (Wildman–Crippen MR) is 40.3 cm³/mol. The van der Waals surface area contributed by atoms with Crippen molar-refractivity contribution in [1.82, 2.24) is 0 Å². The molecule has 3 atom stereocenters. The van der Waals surface area contributed by atoms with Crippen LogP contribution in [0.15, 0.2) is 0 Å². The molecule has 0 aromatic rings. The van der Waals surface area contributed by atoms with Crippen LogP contribution in [0.2, 0.25) is 0 Å². The highest BCUT2D eigenvalue weighted by molar-refractivity contribution is 5.50. The molecule has 1 saturated heterocycles. The minimum atomic E-state index is -0.448. The third-order valence-electron chi connectivity index (χ3n) is 2.03. The van der Waals surface area contributed by atoms with Gasteiger partial charge in [-0.05, 0) is 19.8 Å². The second kappa shape index (κ2) is 3.83. The van der Waals surface area contributed by atoms with E-state index in [0.717, 1.165) is 19.1 Å². The summed E-state index contributed by atoms with van der Waals surface area (Å²) in [5, 5.41) is 9.33. The summed E-state index contributed by atoms with van der Waals surface area (Å²) in [6.45, 7) is 1.96. The van der Waals surface area contributed by atoms with Crippen LogP contribution >= 0.6 is 0 Å². The molecule has 0 aromatic carbocycles. The topological polar surface area (TPSA) is 46.5 Å². The van der Waals surface area contributed by atoms with Crippen LogP contribution in [0.4, 0.5) is 0 Å². The average molecular weight is 158 g/mol. The smallest absolute Gasteiger partial charge is 0.122 e. The molecule has 0 aliphatic carbocycles. The maximum absolute atomic E-state index is 10.1. The van der Waals surface area contributed by atoms with Gasteiger partial charge in [-0.1, -0.05) is 0 Å². The molecule has 1 fully saturated rings. The normalized spacial score (nSPS) is 38.5. The van der Waals surface area contributed by atoms with E-state index in [1.54, 1.807) is 0 Å². The third kappa shape index (κ3) is 2.27. The van der Waals surface area contributed by atoms with E-state index in [1.165, 1.54) is 0 Å². The lowest BCUT2D eigenvalue weighted by molar-refractivity contribution is -0.128. The van der Waals surface area contributed by atoms with E-state index >= 15 is 0 Å². The molecule has 11 heavy (non-hydrogen) atoms. The van der Waals surface area contributed by atoms with Crippen molar-refractivity contribution >= 4 is 6.29 Å². The number of rotatable bonds is 2. The molecule has 1 rings (SSSR count). The van der Waals surface area contributed by atoms with Crippen LogP contribution in [-0.4, -0.2) is 29.7 Å². The van der Waals surface area contributed by atoms with Crippen molar-refractivity contribution in [2.45, 2.75) is 44.5 Å². The molecule has 0 aromatic heterocycles. The van der Waals surface area contributed by atoms with Crippen LogP contribution in [-0.2, 0) is 9.53 Å². The Morgan fingerprint density at radius 1 is 1.64 bits per heavy atom. The van der Waals surface area contributed by atoms with Gasteiger partial charge in [0, 0.05) is 6.42 Å². The summed E-state index contributed by atoms with van der Waals surface area (Å²) in [7, 11) is 0. The minimum absolute atomic E-state index is 0.184. The van der Waals surface area contributed by atoms with E-state index in [2.05, 4.69) is 0 Å². The molecule has 3 nitrogen and oxygen atoms in total. The van der Waals surface area contributed by atoms with Crippen molar-refractivity contribution in [3.05, 3.63) is 0 Å². The van der Waals surface area contributed by atoms with Crippen LogP contribution in [0, 0.1) is 0 Å². The minimum Gasteiger partial charge on any atom is -0.390 e. The fraction of sp³-hybridized carbons (Fsp3) is 0.875. The Morgan fingerprint density at radius 3 is 3.00 bits per heavy atom. The molecular formula is C8H14O3. The Hall–Kier alpha value is -0.410. The molecule has 0 radical (unpaired) electrons. The van der Waals surface area contributed by atoms with E-state index in [-0.39, 0.29) is 12.2 Å². The number of ether oxygens (including phenoxy) is 1. The summed E-state index contributed by atoms with van der Waals surface area (Å²) in [6.07, 6.45) is 2.21. The second-order valence-corrected chi connectivity index (χ2v) is 3.03. The summed E-state index contributed by atoms with van der Waals surface area (Å²) >= 11 is 0. The van der Waals surface area contributed by atoms with Crippen molar-refractivity contribution < 1.29 is 14.6 Å². The van der Waals surface area contributed by atoms with Gasteiger partial charge in [-0.25, -0.2) is 0 Å². The van der Waals surface area contributed by atoms with Gasteiger partial charge in [0.25, 0.3) is 0 Å². The van der Waals surface area contributed by atoms with Gasteiger partial charge in [-0.3, -0.25) is 0 Å². The molecule has 0 spiro atoms. The Kier molecular flexibility index (Phi) is 3.02. The van der Waals surface area contributed by atoms with Crippen LogP contribution in [0.3, 0.4) is 0 Å². The maximum Gasteiger partial charge on any atom is 0.122 e. The first-order valence-corrected chi connectivity index (χ1v) is 4.01. The summed E-state index contributed by atoms with van der Waals surface area (Å²) < 4.78 is 5.36. The number of carbonyl (C=O) groups is 1. The Morgan fingerprint density at radius 2 is 2.36 bits per heavy atom. The second-order valence-electron chi connectivity index (χ2n) is 3.03. The Labute approximate surface area is 66.4 Å². The summed E-state index contributed by atoms with van der Waals surface area (Å²) in [5.74, 6) is 0. The van der Waals surface area contributed by atoms with Gasteiger partial charge < -0.3 is 14.6 Å². The van der Waals surface area contributed by atoms with Gasteiger partial charge in [0.2, 0.25) is 0 Å². The molecule has 1 heterocycles. The number of hydrogen-bond donors (Lipinski definition) is 1. The first kappa shape index (κ1) is 8.68. The van der Waals surface area contributed by atoms with Crippen LogP contribution < -0.4 is 0 Å². The molecule has 1 aliphatic heterocycles. The number of aliphatic hydroxyl groups is 1.